The highest BCUT2D eigenvalue weighted by molar-refractivity contribution is 6.76. The van der Waals surface area contributed by atoms with Gasteiger partial charge in [0.15, 0.2) is 5.78 Å². The van der Waals surface area contributed by atoms with E-state index < -0.39 is 14.0 Å². The first-order chi connectivity index (χ1) is 14.3. The molecule has 0 radical (unpaired) electrons. The van der Waals surface area contributed by atoms with Gasteiger partial charge in [-0.05, 0) is 37.8 Å². The summed E-state index contributed by atoms with van der Waals surface area (Å²) in [4.78, 5) is 25.5. The Morgan fingerprint density at radius 2 is 1.87 bits per heavy atom. The number of aliphatic hydroxyl groups is 1. The smallest absolute Gasteiger partial charge is 0.334 e. The lowest BCUT2D eigenvalue weighted by Crippen LogP contribution is -2.27. The van der Waals surface area contributed by atoms with Crippen molar-refractivity contribution >= 4 is 19.8 Å². The van der Waals surface area contributed by atoms with Gasteiger partial charge in [-0.15, -0.1) is 0 Å². The molecule has 1 aliphatic carbocycles. The third-order valence-electron chi connectivity index (χ3n) is 5.39. The number of ether oxygens (including phenoxy) is 1. The van der Waals surface area contributed by atoms with Crippen LogP contribution in [0.2, 0.25) is 25.7 Å². The van der Waals surface area contributed by atoms with Crippen LogP contribution in [0.5, 0.6) is 0 Å². The minimum Gasteiger partial charge on any atom is -0.463 e. The maximum atomic E-state index is 12.9. The molecule has 0 heterocycles. The molecular weight excluding hydrogens is 392 g/mol. The molecule has 0 aromatic carbocycles. The highest BCUT2D eigenvalue weighted by Crippen LogP contribution is 2.32. The van der Waals surface area contributed by atoms with E-state index in [2.05, 4.69) is 38.7 Å². The van der Waals surface area contributed by atoms with Gasteiger partial charge in [0.05, 0.1) is 12.5 Å². The number of aliphatic hydroxyl groups excluding tert-OH is 1. The summed E-state index contributed by atoms with van der Waals surface area (Å²) < 4.78 is 5.60. The lowest BCUT2D eigenvalue weighted by Gasteiger charge is -2.20. The van der Waals surface area contributed by atoms with Gasteiger partial charge in [0.1, 0.15) is 0 Å². The number of rotatable bonds is 15. The molecule has 4 nitrogen and oxygen atoms in total. The van der Waals surface area contributed by atoms with Gasteiger partial charge >= 0.3 is 5.97 Å². The SMILES string of the molecule is CCCCC=C(C(=O)OCC[Si](C)(C)C)C1C(=O)C=C[C@@H]1/C=C/CCCCCCO. The first kappa shape index (κ1) is 26.6. The molecule has 0 aliphatic heterocycles. The average molecular weight is 435 g/mol. The van der Waals surface area contributed by atoms with E-state index >= 15 is 0 Å². The van der Waals surface area contributed by atoms with Gasteiger partial charge in [0, 0.05) is 26.2 Å². The summed E-state index contributed by atoms with van der Waals surface area (Å²) in [5.41, 5.74) is 0.534. The summed E-state index contributed by atoms with van der Waals surface area (Å²) in [6.07, 6.45) is 17.5. The fourth-order valence-electron chi connectivity index (χ4n) is 3.46. The van der Waals surface area contributed by atoms with E-state index in [0.717, 1.165) is 57.4 Å². The molecule has 5 heteroatoms. The molecule has 0 saturated heterocycles. The van der Waals surface area contributed by atoms with Crippen LogP contribution < -0.4 is 0 Å². The molecule has 0 spiro atoms. The first-order valence-electron chi connectivity index (χ1n) is 11.7. The second-order valence-corrected chi connectivity index (χ2v) is 15.0. The summed E-state index contributed by atoms with van der Waals surface area (Å²) in [5, 5.41) is 8.84. The van der Waals surface area contributed by atoms with Gasteiger partial charge in [-0.2, -0.15) is 0 Å². The number of hydrogen-bond acceptors (Lipinski definition) is 4. The van der Waals surface area contributed by atoms with Gasteiger partial charge in [-0.1, -0.05) is 76.6 Å². The molecule has 170 valence electrons. The second kappa shape index (κ2) is 14.5. The zero-order chi connectivity index (χ0) is 22.4. The molecule has 1 unspecified atom stereocenters. The summed E-state index contributed by atoms with van der Waals surface area (Å²) in [7, 11) is -1.28. The Kier molecular flexibility index (Phi) is 12.9. The minimum absolute atomic E-state index is 0.00232. The van der Waals surface area contributed by atoms with Crippen molar-refractivity contribution in [1.82, 2.24) is 0 Å². The van der Waals surface area contributed by atoms with Crippen LogP contribution in [0.3, 0.4) is 0 Å². The van der Waals surface area contributed by atoms with Crippen LogP contribution in [-0.2, 0) is 14.3 Å². The largest absolute Gasteiger partial charge is 0.463 e. The maximum Gasteiger partial charge on any atom is 0.334 e. The Labute approximate surface area is 184 Å². The van der Waals surface area contributed by atoms with Crippen LogP contribution in [0, 0.1) is 11.8 Å². The fourth-order valence-corrected chi connectivity index (χ4v) is 4.17. The standard InChI is InChI=1S/C25H42O4Si/c1-5-6-11-15-22(25(28)29-19-20-30(2,3)4)24-21(16-17-23(24)27)14-12-9-7-8-10-13-18-26/h12,14-17,21,24,26H,5-11,13,18-20H2,1-4H3/b14-12+,22-15?/t21-,24?/m0/s1. The van der Waals surface area contributed by atoms with Crippen LogP contribution in [0.25, 0.3) is 0 Å². The Morgan fingerprint density at radius 3 is 2.53 bits per heavy atom. The first-order valence-corrected chi connectivity index (χ1v) is 15.4. The van der Waals surface area contributed by atoms with Crippen molar-refractivity contribution < 1.29 is 19.4 Å². The van der Waals surface area contributed by atoms with Gasteiger partial charge in [-0.25, -0.2) is 4.79 Å². The number of esters is 1. The molecule has 30 heavy (non-hydrogen) atoms. The molecule has 0 fully saturated rings. The molecule has 1 aliphatic rings. The van der Waals surface area contributed by atoms with Crippen molar-refractivity contribution in [2.75, 3.05) is 13.2 Å². The van der Waals surface area contributed by atoms with Crippen molar-refractivity contribution in [2.45, 2.75) is 84.0 Å². The number of allylic oxidation sites excluding steroid dienone is 5. The fraction of sp³-hybridized carbons (Fsp3) is 0.680. The Bertz CT molecular complexity index is 613. The van der Waals surface area contributed by atoms with Crippen molar-refractivity contribution in [3.8, 4) is 0 Å². The topological polar surface area (TPSA) is 63.6 Å². The van der Waals surface area contributed by atoms with E-state index in [-0.39, 0.29) is 24.3 Å². The monoisotopic (exact) mass is 434 g/mol. The van der Waals surface area contributed by atoms with Crippen molar-refractivity contribution in [3.63, 3.8) is 0 Å². The van der Waals surface area contributed by atoms with Gasteiger partial charge in [-0.3, -0.25) is 4.79 Å². The summed E-state index contributed by atoms with van der Waals surface area (Å²) in [6, 6.07) is 0.928. The molecule has 0 saturated carbocycles. The van der Waals surface area contributed by atoms with E-state index in [1.807, 2.05) is 12.2 Å². The lowest BCUT2D eigenvalue weighted by atomic mass is 9.86. The van der Waals surface area contributed by atoms with Crippen molar-refractivity contribution in [3.05, 3.63) is 36.0 Å². The van der Waals surface area contributed by atoms with Crippen LogP contribution in [0.4, 0.5) is 0 Å². The van der Waals surface area contributed by atoms with Crippen LogP contribution in [0.15, 0.2) is 36.0 Å². The molecule has 1 rings (SSSR count). The molecule has 0 aromatic heterocycles. The Hall–Kier alpha value is -1.46. The summed E-state index contributed by atoms with van der Waals surface area (Å²) in [5.74, 6) is -0.856. The quantitative estimate of drug-likeness (QED) is 0.115. The third-order valence-corrected chi connectivity index (χ3v) is 7.09. The molecule has 2 atom stereocenters. The lowest BCUT2D eigenvalue weighted by molar-refractivity contribution is -0.140. The molecule has 0 aromatic rings. The van der Waals surface area contributed by atoms with Crippen LogP contribution in [0.1, 0.15) is 58.3 Å². The third kappa shape index (κ3) is 10.5. The summed E-state index contributed by atoms with van der Waals surface area (Å²) in [6.45, 7) is 9.58. The summed E-state index contributed by atoms with van der Waals surface area (Å²) >= 11 is 0. The van der Waals surface area contributed by atoms with E-state index in [0.29, 0.717) is 12.2 Å². The molecule has 1 N–H and O–H groups in total. The predicted molar refractivity (Wildman–Crippen MR) is 127 cm³/mol. The predicted octanol–water partition coefficient (Wildman–Crippen LogP) is 5.85. The van der Waals surface area contributed by atoms with Gasteiger partial charge < -0.3 is 9.84 Å². The van der Waals surface area contributed by atoms with Crippen LogP contribution in [-0.4, -0.2) is 38.1 Å². The maximum absolute atomic E-state index is 12.9. The molecule has 0 bridgehead atoms. The van der Waals surface area contributed by atoms with Gasteiger partial charge in [0.25, 0.3) is 0 Å². The zero-order valence-corrected chi connectivity index (χ0v) is 20.5. The van der Waals surface area contributed by atoms with Crippen molar-refractivity contribution in [1.29, 1.82) is 0 Å². The van der Waals surface area contributed by atoms with E-state index in [1.165, 1.54) is 0 Å². The molecular formula is C25H42O4Si. The minimum atomic E-state index is -1.28. The number of carbonyl (C=O) groups excluding carboxylic acids is 2. The normalized spacial score (nSPS) is 19.8. The number of hydrogen-bond donors (Lipinski definition) is 1. The Balaban J connectivity index is 2.77. The molecule has 0 amide bonds. The number of unbranched alkanes of at least 4 members (excludes halogenated alkanes) is 6. The van der Waals surface area contributed by atoms with Gasteiger partial charge in [0.2, 0.25) is 0 Å². The second-order valence-electron chi connectivity index (χ2n) is 9.42. The Morgan fingerprint density at radius 1 is 1.13 bits per heavy atom. The van der Waals surface area contributed by atoms with Crippen molar-refractivity contribution in [2.24, 2.45) is 11.8 Å². The van der Waals surface area contributed by atoms with E-state index in [9.17, 15) is 9.59 Å². The van der Waals surface area contributed by atoms with E-state index in [4.69, 9.17) is 9.84 Å². The highest BCUT2D eigenvalue weighted by Gasteiger charge is 2.35. The highest BCUT2D eigenvalue weighted by atomic mass is 28.3. The number of carbonyl (C=O) groups is 2. The van der Waals surface area contributed by atoms with E-state index in [1.54, 1.807) is 6.08 Å². The average Bonchev–Trinajstić information content (AvgIpc) is 3.03. The zero-order valence-electron chi connectivity index (χ0n) is 19.5. The van der Waals surface area contributed by atoms with Crippen LogP contribution >= 0.6 is 0 Å². The number of ketones is 1.